The molecule has 2 aromatic heterocycles. The third-order valence-electron chi connectivity index (χ3n) is 4.07. The molecule has 1 saturated heterocycles. The zero-order chi connectivity index (χ0) is 15.7. The molecule has 0 bridgehead atoms. The van der Waals surface area contributed by atoms with Gasteiger partial charge in [-0.2, -0.15) is 5.10 Å². The maximum absolute atomic E-state index is 12.6. The highest BCUT2D eigenvalue weighted by Crippen LogP contribution is 2.29. The van der Waals surface area contributed by atoms with E-state index in [1.807, 2.05) is 39.5 Å². The van der Waals surface area contributed by atoms with Gasteiger partial charge < -0.3 is 10.6 Å². The zero-order valence-electron chi connectivity index (χ0n) is 13.9. The van der Waals surface area contributed by atoms with Crippen LogP contribution in [0.25, 0.3) is 0 Å². The van der Waals surface area contributed by atoms with Crippen molar-refractivity contribution < 1.29 is 4.79 Å². The monoisotopic (exact) mass is 391 g/mol. The van der Waals surface area contributed by atoms with E-state index in [4.69, 9.17) is 0 Å². The van der Waals surface area contributed by atoms with Gasteiger partial charge in [0.05, 0.1) is 18.2 Å². The number of carbonyl (C=O) groups excluding carboxylic acids is 1. The quantitative estimate of drug-likeness (QED) is 0.837. The molecule has 0 aliphatic carbocycles. The fourth-order valence-electron chi connectivity index (χ4n) is 2.89. The average molecular weight is 392 g/mol. The normalized spacial score (nSPS) is 20.8. The van der Waals surface area contributed by atoms with Crippen LogP contribution in [-0.4, -0.2) is 33.8 Å². The van der Waals surface area contributed by atoms with Gasteiger partial charge in [-0.15, -0.1) is 36.2 Å². The first kappa shape index (κ1) is 20.9. The summed E-state index contributed by atoms with van der Waals surface area (Å²) < 4.78 is 1.78. The summed E-state index contributed by atoms with van der Waals surface area (Å²) in [5.41, 5.74) is 1.12. The number of nitrogens with zero attached hydrogens (tertiary/aromatic N) is 3. The van der Waals surface area contributed by atoms with Crippen LogP contribution in [0.15, 0.2) is 18.6 Å². The average Bonchev–Trinajstić information content (AvgIpc) is 3.17. The molecule has 1 aliphatic rings. The molecule has 0 saturated carbocycles. The summed E-state index contributed by atoms with van der Waals surface area (Å²) in [6.07, 6.45) is 5.69. The molecule has 134 valence electrons. The van der Waals surface area contributed by atoms with Gasteiger partial charge in [0.2, 0.25) is 5.91 Å². The van der Waals surface area contributed by atoms with Crippen LogP contribution >= 0.6 is 36.2 Å². The molecule has 2 N–H and O–H groups in total. The van der Waals surface area contributed by atoms with Crippen LogP contribution in [0.2, 0.25) is 0 Å². The van der Waals surface area contributed by atoms with E-state index < -0.39 is 0 Å². The standard InChI is InChI=1S/C15H21N5OS.2ClH/c1-9-4-17-15(22-9)10(2)19-14(21)13-7-16-6-12(13)11-5-18-20(3)8-11;;/h4-5,8,10,12-13,16H,6-7H2,1-3H3,(H,19,21);2*1H/t10?,12-,13+;;/m1../s1. The lowest BCUT2D eigenvalue weighted by Crippen LogP contribution is -2.35. The van der Waals surface area contributed by atoms with Crippen LogP contribution in [-0.2, 0) is 11.8 Å². The number of hydrogen-bond donors (Lipinski definition) is 2. The molecular formula is C15H23Cl2N5OS. The molecular weight excluding hydrogens is 369 g/mol. The molecule has 0 spiro atoms. The van der Waals surface area contributed by atoms with Gasteiger partial charge in [-0.1, -0.05) is 0 Å². The fraction of sp³-hybridized carbons (Fsp3) is 0.533. The number of hydrogen-bond acceptors (Lipinski definition) is 5. The number of amides is 1. The van der Waals surface area contributed by atoms with Crippen LogP contribution in [0, 0.1) is 12.8 Å². The first-order valence-corrected chi connectivity index (χ1v) is 8.28. The second-order valence-electron chi connectivity index (χ2n) is 5.86. The molecule has 0 radical (unpaired) electrons. The van der Waals surface area contributed by atoms with Crippen molar-refractivity contribution in [1.82, 2.24) is 25.4 Å². The lowest BCUT2D eigenvalue weighted by atomic mass is 9.90. The molecule has 2 aromatic rings. The highest BCUT2D eigenvalue weighted by Gasteiger charge is 2.35. The summed E-state index contributed by atoms with van der Waals surface area (Å²) in [4.78, 5) is 18.1. The number of thiazole rings is 1. The highest BCUT2D eigenvalue weighted by atomic mass is 35.5. The van der Waals surface area contributed by atoms with Gasteiger partial charge in [0.15, 0.2) is 0 Å². The van der Waals surface area contributed by atoms with Crippen molar-refractivity contribution in [3.05, 3.63) is 34.0 Å². The smallest absolute Gasteiger partial charge is 0.225 e. The van der Waals surface area contributed by atoms with Gasteiger partial charge in [0.1, 0.15) is 5.01 Å². The van der Waals surface area contributed by atoms with E-state index in [2.05, 4.69) is 20.7 Å². The summed E-state index contributed by atoms with van der Waals surface area (Å²) >= 11 is 1.63. The number of carbonyl (C=O) groups is 1. The van der Waals surface area contributed by atoms with E-state index in [1.54, 1.807) is 16.0 Å². The number of nitrogens with one attached hydrogen (secondary N) is 2. The Balaban J connectivity index is 0.00000144. The Hall–Kier alpha value is -1.15. The van der Waals surface area contributed by atoms with Crippen molar-refractivity contribution in [2.24, 2.45) is 13.0 Å². The van der Waals surface area contributed by atoms with E-state index in [0.717, 1.165) is 22.0 Å². The predicted molar refractivity (Wildman–Crippen MR) is 100 cm³/mol. The summed E-state index contributed by atoms with van der Waals surface area (Å²) in [6.45, 7) is 5.52. The lowest BCUT2D eigenvalue weighted by molar-refractivity contribution is -0.125. The van der Waals surface area contributed by atoms with Crippen molar-refractivity contribution in [2.45, 2.75) is 25.8 Å². The lowest BCUT2D eigenvalue weighted by Gasteiger charge is -2.19. The molecule has 1 amide bonds. The maximum Gasteiger partial charge on any atom is 0.225 e. The molecule has 1 fully saturated rings. The SMILES string of the molecule is Cc1cnc(C(C)NC(=O)[C@H]2CNC[C@@H]2c2cnn(C)c2)s1.Cl.Cl. The van der Waals surface area contributed by atoms with Crippen LogP contribution in [0.5, 0.6) is 0 Å². The Morgan fingerprint density at radius 2 is 2.17 bits per heavy atom. The number of halogens is 2. The van der Waals surface area contributed by atoms with Crippen LogP contribution in [0.3, 0.4) is 0 Å². The molecule has 3 heterocycles. The summed E-state index contributed by atoms with van der Waals surface area (Å²) in [5.74, 6) is 0.200. The van der Waals surface area contributed by atoms with Crippen LogP contribution in [0.4, 0.5) is 0 Å². The minimum Gasteiger partial charge on any atom is -0.347 e. The first-order valence-electron chi connectivity index (χ1n) is 7.46. The van der Waals surface area contributed by atoms with Gasteiger partial charge in [-0.3, -0.25) is 9.48 Å². The number of rotatable bonds is 4. The molecule has 9 heteroatoms. The second kappa shape index (κ2) is 8.80. The fourth-order valence-corrected chi connectivity index (χ4v) is 3.67. The van der Waals surface area contributed by atoms with E-state index in [-0.39, 0.29) is 48.6 Å². The van der Waals surface area contributed by atoms with Crippen molar-refractivity contribution in [1.29, 1.82) is 0 Å². The molecule has 24 heavy (non-hydrogen) atoms. The van der Waals surface area contributed by atoms with E-state index >= 15 is 0 Å². The largest absolute Gasteiger partial charge is 0.347 e. The van der Waals surface area contributed by atoms with Gasteiger partial charge in [0.25, 0.3) is 0 Å². The molecule has 3 atom stereocenters. The zero-order valence-corrected chi connectivity index (χ0v) is 16.3. The van der Waals surface area contributed by atoms with Crippen molar-refractivity contribution in [3.63, 3.8) is 0 Å². The first-order chi connectivity index (χ1) is 10.5. The maximum atomic E-state index is 12.6. The third kappa shape index (κ3) is 4.47. The summed E-state index contributed by atoms with van der Waals surface area (Å²) in [5, 5.41) is 11.6. The van der Waals surface area contributed by atoms with Gasteiger partial charge in [-0.25, -0.2) is 4.98 Å². The molecule has 3 rings (SSSR count). The molecule has 6 nitrogen and oxygen atoms in total. The Morgan fingerprint density at radius 3 is 2.75 bits per heavy atom. The topological polar surface area (TPSA) is 71.8 Å². The summed E-state index contributed by atoms with van der Waals surface area (Å²) in [7, 11) is 1.90. The number of aromatic nitrogens is 3. The third-order valence-corrected chi connectivity index (χ3v) is 5.17. The van der Waals surface area contributed by atoms with E-state index in [1.165, 1.54) is 0 Å². The van der Waals surface area contributed by atoms with Crippen molar-refractivity contribution in [2.75, 3.05) is 13.1 Å². The van der Waals surface area contributed by atoms with Crippen molar-refractivity contribution >= 4 is 42.1 Å². The predicted octanol–water partition coefficient (Wildman–Crippen LogP) is 2.21. The molecule has 0 aromatic carbocycles. The van der Waals surface area contributed by atoms with Crippen LogP contribution < -0.4 is 10.6 Å². The van der Waals surface area contributed by atoms with Gasteiger partial charge >= 0.3 is 0 Å². The molecule has 1 aliphatic heterocycles. The second-order valence-corrected chi connectivity index (χ2v) is 7.12. The van der Waals surface area contributed by atoms with Gasteiger partial charge in [-0.05, 0) is 19.4 Å². The Labute approximate surface area is 158 Å². The Bertz CT molecular complexity index is 674. The highest BCUT2D eigenvalue weighted by molar-refractivity contribution is 7.11. The van der Waals surface area contributed by atoms with E-state index in [9.17, 15) is 4.79 Å². The van der Waals surface area contributed by atoms with E-state index in [0.29, 0.717) is 6.54 Å². The minimum atomic E-state index is -0.0623. The summed E-state index contributed by atoms with van der Waals surface area (Å²) in [6, 6.07) is -0.0543. The Morgan fingerprint density at radius 1 is 1.42 bits per heavy atom. The minimum absolute atomic E-state index is 0. The number of aryl methyl sites for hydroxylation is 2. The Kier molecular flexibility index (Phi) is 7.66. The van der Waals surface area contributed by atoms with Gasteiger partial charge in [0, 0.05) is 43.3 Å². The van der Waals surface area contributed by atoms with Crippen LogP contribution in [0.1, 0.15) is 34.3 Å². The molecule has 1 unspecified atom stereocenters. The van der Waals surface area contributed by atoms with Crippen molar-refractivity contribution in [3.8, 4) is 0 Å².